The van der Waals surface area contributed by atoms with E-state index in [9.17, 15) is 14.0 Å². The van der Waals surface area contributed by atoms with E-state index in [1.54, 1.807) is 28.8 Å². The molecule has 0 bridgehead atoms. The molecule has 0 aliphatic heterocycles. The fraction of sp³-hybridized carbons (Fsp3) is 0.208. The smallest absolute Gasteiger partial charge is 0.321 e. The fourth-order valence-corrected chi connectivity index (χ4v) is 3.63. The first-order valence-electron chi connectivity index (χ1n) is 10.1. The zero-order chi connectivity index (χ0) is 22.1. The lowest BCUT2D eigenvalue weighted by atomic mass is 10.0. The summed E-state index contributed by atoms with van der Waals surface area (Å²) in [5, 5.41) is 0. The van der Waals surface area contributed by atoms with E-state index in [0.29, 0.717) is 18.2 Å². The van der Waals surface area contributed by atoms with Gasteiger partial charge in [0.15, 0.2) is 11.2 Å². The lowest BCUT2D eigenvalue weighted by Crippen LogP contribution is -2.40. The molecule has 7 heteroatoms. The summed E-state index contributed by atoms with van der Waals surface area (Å²) in [5.41, 5.74) is 1.43. The molecule has 0 aliphatic carbocycles. The molecular weight excluding hydrogens is 395 g/mol. The van der Waals surface area contributed by atoms with Crippen molar-refractivity contribution in [2.75, 3.05) is 0 Å². The maximum Gasteiger partial charge on any atom is 0.337 e. The maximum atomic E-state index is 14.3. The Labute approximate surface area is 178 Å². The van der Waals surface area contributed by atoms with Crippen molar-refractivity contribution in [1.29, 1.82) is 0 Å². The van der Waals surface area contributed by atoms with Crippen LogP contribution in [0.2, 0.25) is 0 Å². The second-order valence-corrected chi connectivity index (χ2v) is 7.70. The number of hydrogen-bond acceptors (Lipinski definition) is 3. The summed E-state index contributed by atoms with van der Waals surface area (Å²) in [7, 11) is 0. The lowest BCUT2D eigenvalue weighted by Gasteiger charge is -2.14. The largest absolute Gasteiger partial charge is 0.337 e. The fourth-order valence-electron chi connectivity index (χ4n) is 3.63. The summed E-state index contributed by atoms with van der Waals surface area (Å²) in [6.07, 6.45) is 3.16. The van der Waals surface area contributed by atoms with Gasteiger partial charge in [0.2, 0.25) is 0 Å². The standard InChI is InChI=1S/C24H23FN4O2/c1-4-13-27-15-26-22-21(27)23(30)28(14-18-7-5-6-8-20(18)25)24(31)29(22)19-11-9-17(10-12-19)16(2)3/h4-12,15-16H,1,13-14H2,2-3H3. The average Bonchev–Trinajstić information content (AvgIpc) is 3.16. The Morgan fingerprint density at radius 1 is 1.10 bits per heavy atom. The van der Waals surface area contributed by atoms with Gasteiger partial charge in [-0.25, -0.2) is 18.7 Å². The Morgan fingerprint density at radius 2 is 1.81 bits per heavy atom. The van der Waals surface area contributed by atoms with Crippen molar-refractivity contribution in [3.63, 3.8) is 0 Å². The van der Waals surface area contributed by atoms with Gasteiger partial charge < -0.3 is 4.57 Å². The molecule has 0 amide bonds. The number of rotatable bonds is 6. The van der Waals surface area contributed by atoms with E-state index in [1.807, 2.05) is 24.3 Å². The van der Waals surface area contributed by atoms with Crippen LogP contribution in [0, 0.1) is 5.82 Å². The second-order valence-electron chi connectivity index (χ2n) is 7.70. The molecule has 0 unspecified atom stereocenters. The number of halogens is 1. The minimum Gasteiger partial charge on any atom is -0.321 e. The van der Waals surface area contributed by atoms with E-state index in [2.05, 4.69) is 25.4 Å². The molecular formula is C24H23FN4O2. The van der Waals surface area contributed by atoms with Crippen LogP contribution in [0.3, 0.4) is 0 Å². The molecule has 0 atom stereocenters. The Bertz CT molecular complexity index is 1380. The van der Waals surface area contributed by atoms with Gasteiger partial charge in [-0.3, -0.25) is 9.36 Å². The molecule has 4 aromatic rings. The van der Waals surface area contributed by atoms with Crippen LogP contribution in [0.5, 0.6) is 0 Å². The van der Waals surface area contributed by atoms with Gasteiger partial charge in [-0.15, -0.1) is 6.58 Å². The summed E-state index contributed by atoms with van der Waals surface area (Å²) in [5.74, 6) is -0.131. The number of aromatic nitrogens is 4. The SMILES string of the molecule is C=CCn1cnc2c1c(=O)n(Cc1ccccc1F)c(=O)n2-c1ccc(C(C)C)cc1. The molecule has 0 saturated heterocycles. The first kappa shape index (κ1) is 20.5. The molecule has 158 valence electrons. The first-order valence-corrected chi connectivity index (χ1v) is 10.1. The van der Waals surface area contributed by atoms with Crippen LogP contribution in [0.15, 0.2) is 77.1 Å². The maximum absolute atomic E-state index is 14.3. The predicted octanol–water partition coefficient (Wildman–Crippen LogP) is 3.85. The molecule has 6 nitrogen and oxygen atoms in total. The number of allylic oxidation sites excluding steroid dienone is 1. The van der Waals surface area contributed by atoms with Crippen molar-refractivity contribution in [3.05, 3.63) is 105 Å². The summed E-state index contributed by atoms with van der Waals surface area (Å²) in [4.78, 5) is 31.1. The van der Waals surface area contributed by atoms with Gasteiger partial charge in [-0.05, 0) is 29.7 Å². The van der Waals surface area contributed by atoms with Gasteiger partial charge >= 0.3 is 5.69 Å². The number of nitrogens with zero attached hydrogens (tertiary/aromatic N) is 4. The third-order valence-corrected chi connectivity index (χ3v) is 5.33. The molecule has 0 radical (unpaired) electrons. The van der Waals surface area contributed by atoms with Crippen LogP contribution in [0.4, 0.5) is 4.39 Å². The third-order valence-electron chi connectivity index (χ3n) is 5.33. The number of fused-ring (bicyclic) bond motifs is 1. The van der Waals surface area contributed by atoms with Gasteiger partial charge in [0.05, 0.1) is 18.6 Å². The minimum atomic E-state index is -0.568. The number of benzene rings is 2. The zero-order valence-corrected chi connectivity index (χ0v) is 17.5. The quantitative estimate of drug-likeness (QED) is 0.447. The Kier molecular flexibility index (Phi) is 5.42. The van der Waals surface area contributed by atoms with Crippen molar-refractivity contribution in [3.8, 4) is 5.69 Å². The van der Waals surface area contributed by atoms with E-state index >= 15 is 0 Å². The Morgan fingerprint density at radius 3 is 2.45 bits per heavy atom. The van der Waals surface area contributed by atoms with Crippen molar-refractivity contribution in [2.24, 2.45) is 0 Å². The highest BCUT2D eigenvalue weighted by Crippen LogP contribution is 2.18. The predicted molar refractivity (Wildman–Crippen MR) is 119 cm³/mol. The van der Waals surface area contributed by atoms with E-state index in [0.717, 1.165) is 10.1 Å². The van der Waals surface area contributed by atoms with Gasteiger partial charge in [0.25, 0.3) is 5.56 Å². The summed E-state index contributed by atoms with van der Waals surface area (Å²) in [6.45, 7) is 8.08. The Balaban J connectivity index is 2.01. The highest BCUT2D eigenvalue weighted by atomic mass is 19.1. The molecule has 0 spiro atoms. The molecule has 2 heterocycles. The summed E-state index contributed by atoms with van der Waals surface area (Å²) < 4.78 is 18.4. The van der Waals surface area contributed by atoms with Gasteiger partial charge in [-0.2, -0.15) is 0 Å². The highest BCUT2D eigenvalue weighted by Gasteiger charge is 2.20. The molecule has 31 heavy (non-hydrogen) atoms. The van der Waals surface area contributed by atoms with Gasteiger partial charge in [0.1, 0.15) is 5.82 Å². The van der Waals surface area contributed by atoms with Crippen LogP contribution >= 0.6 is 0 Å². The molecule has 4 rings (SSSR count). The normalized spacial score (nSPS) is 11.4. The number of hydrogen-bond donors (Lipinski definition) is 0. The molecule has 0 aliphatic rings. The first-order chi connectivity index (χ1) is 14.9. The molecule has 0 N–H and O–H groups in total. The topological polar surface area (TPSA) is 61.8 Å². The van der Waals surface area contributed by atoms with E-state index in [-0.39, 0.29) is 23.3 Å². The van der Waals surface area contributed by atoms with E-state index in [4.69, 9.17) is 0 Å². The molecule has 0 fully saturated rings. The third kappa shape index (κ3) is 3.63. The molecule has 0 saturated carbocycles. The summed E-state index contributed by atoms with van der Waals surface area (Å²) >= 11 is 0. The van der Waals surface area contributed by atoms with Crippen molar-refractivity contribution < 1.29 is 4.39 Å². The van der Waals surface area contributed by atoms with Gasteiger partial charge in [0, 0.05) is 12.1 Å². The Hall–Kier alpha value is -3.74. The van der Waals surface area contributed by atoms with Crippen LogP contribution in [0.25, 0.3) is 16.9 Å². The average molecular weight is 418 g/mol. The van der Waals surface area contributed by atoms with E-state index in [1.165, 1.54) is 17.0 Å². The van der Waals surface area contributed by atoms with Crippen molar-refractivity contribution >= 4 is 11.2 Å². The summed E-state index contributed by atoms with van der Waals surface area (Å²) in [6, 6.07) is 13.7. The van der Waals surface area contributed by atoms with Crippen LogP contribution in [-0.4, -0.2) is 18.7 Å². The zero-order valence-electron chi connectivity index (χ0n) is 17.5. The molecule has 2 aromatic carbocycles. The monoisotopic (exact) mass is 418 g/mol. The minimum absolute atomic E-state index is 0.177. The van der Waals surface area contributed by atoms with Gasteiger partial charge in [-0.1, -0.05) is 50.3 Å². The lowest BCUT2D eigenvalue weighted by molar-refractivity contribution is 0.586. The highest BCUT2D eigenvalue weighted by molar-refractivity contribution is 5.72. The van der Waals surface area contributed by atoms with Crippen LogP contribution in [-0.2, 0) is 13.1 Å². The second kappa shape index (κ2) is 8.18. The number of imidazole rings is 1. The van der Waals surface area contributed by atoms with Crippen LogP contribution < -0.4 is 11.2 Å². The van der Waals surface area contributed by atoms with Crippen LogP contribution in [0.1, 0.15) is 30.9 Å². The molecule has 2 aromatic heterocycles. The van der Waals surface area contributed by atoms with Crippen molar-refractivity contribution in [2.45, 2.75) is 32.9 Å². The van der Waals surface area contributed by atoms with Crippen molar-refractivity contribution in [1.82, 2.24) is 18.7 Å². The van der Waals surface area contributed by atoms with E-state index < -0.39 is 17.1 Å².